The van der Waals surface area contributed by atoms with Gasteiger partial charge in [0, 0.05) is 43.8 Å². The number of nitrogens with one attached hydrogen (secondary N) is 1. The molecule has 19 heavy (non-hydrogen) atoms. The van der Waals surface area contributed by atoms with Gasteiger partial charge in [-0.05, 0) is 24.5 Å². The van der Waals surface area contributed by atoms with Crippen molar-refractivity contribution >= 4 is 0 Å². The van der Waals surface area contributed by atoms with Crippen molar-refractivity contribution in [1.82, 2.24) is 20.1 Å². The van der Waals surface area contributed by atoms with Gasteiger partial charge in [0.25, 0.3) is 0 Å². The molecular formula is C15H22N4. The minimum absolute atomic E-state index is 0.286. The second-order valence-electron chi connectivity index (χ2n) is 5.26. The highest BCUT2D eigenvalue weighted by Gasteiger charge is 2.12. The average Bonchev–Trinajstić information content (AvgIpc) is 2.78. The largest absolute Gasteiger partial charge is 0.306 e. The van der Waals surface area contributed by atoms with Crippen LogP contribution in [0.3, 0.4) is 0 Å². The number of rotatable bonds is 5. The molecular weight excluding hydrogens is 236 g/mol. The lowest BCUT2D eigenvalue weighted by Gasteiger charge is -2.14. The van der Waals surface area contributed by atoms with Crippen LogP contribution in [0.2, 0.25) is 0 Å². The molecule has 0 aliphatic carbocycles. The number of aryl methyl sites for hydroxylation is 1. The number of hydrogen-bond donors (Lipinski definition) is 1. The lowest BCUT2D eigenvalue weighted by molar-refractivity contribution is 0.569. The smallest absolute Gasteiger partial charge is 0.0694 e. The second-order valence-corrected chi connectivity index (χ2v) is 5.26. The summed E-state index contributed by atoms with van der Waals surface area (Å²) in [5.41, 5.74) is 3.65. The van der Waals surface area contributed by atoms with Crippen LogP contribution in [0, 0.1) is 0 Å². The summed E-state index contributed by atoms with van der Waals surface area (Å²) in [6.07, 6.45) is 5.80. The molecule has 0 aliphatic rings. The van der Waals surface area contributed by atoms with E-state index < -0.39 is 0 Å². The molecule has 1 N–H and O–H groups in total. The van der Waals surface area contributed by atoms with Crippen LogP contribution in [-0.4, -0.2) is 14.8 Å². The minimum atomic E-state index is 0.286. The number of hydrogen-bond acceptors (Lipinski definition) is 3. The molecule has 0 spiro atoms. The molecule has 102 valence electrons. The summed E-state index contributed by atoms with van der Waals surface area (Å²) in [6, 6.07) is 4.35. The summed E-state index contributed by atoms with van der Waals surface area (Å²) < 4.78 is 1.89. The molecule has 2 aromatic rings. The van der Waals surface area contributed by atoms with E-state index in [4.69, 9.17) is 0 Å². The highest BCUT2D eigenvalue weighted by Crippen LogP contribution is 2.18. The van der Waals surface area contributed by atoms with Gasteiger partial charge in [0.05, 0.1) is 5.69 Å². The lowest BCUT2D eigenvalue weighted by atomic mass is 10.1. The fourth-order valence-corrected chi connectivity index (χ4v) is 2.19. The summed E-state index contributed by atoms with van der Waals surface area (Å²) in [4.78, 5) is 4.15. The molecule has 0 radical (unpaired) electrons. The number of aromatic nitrogens is 3. The first kappa shape index (κ1) is 13.7. The average molecular weight is 258 g/mol. The zero-order chi connectivity index (χ0) is 13.8. The van der Waals surface area contributed by atoms with Crippen molar-refractivity contribution in [2.24, 2.45) is 7.05 Å². The summed E-state index contributed by atoms with van der Waals surface area (Å²) in [5, 5.41) is 8.06. The van der Waals surface area contributed by atoms with E-state index in [1.165, 1.54) is 16.8 Å². The van der Waals surface area contributed by atoms with Gasteiger partial charge < -0.3 is 5.32 Å². The highest BCUT2D eigenvalue weighted by atomic mass is 15.3. The Kier molecular flexibility index (Phi) is 4.32. The van der Waals surface area contributed by atoms with Crippen LogP contribution in [0.5, 0.6) is 0 Å². The van der Waals surface area contributed by atoms with Gasteiger partial charge in [-0.2, -0.15) is 5.10 Å². The molecule has 1 atom stereocenters. The van der Waals surface area contributed by atoms with E-state index in [2.05, 4.69) is 48.4 Å². The zero-order valence-corrected chi connectivity index (χ0v) is 12.1. The van der Waals surface area contributed by atoms with Crippen molar-refractivity contribution in [3.05, 3.63) is 47.5 Å². The molecule has 2 aromatic heterocycles. The Labute approximate surface area is 114 Å². The quantitative estimate of drug-likeness (QED) is 0.896. The molecule has 4 nitrogen and oxygen atoms in total. The fourth-order valence-electron chi connectivity index (χ4n) is 2.19. The van der Waals surface area contributed by atoms with Gasteiger partial charge in [-0.25, -0.2) is 0 Å². The van der Waals surface area contributed by atoms with Crippen molar-refractivity contribution in [2.45, 2.75) is 39.3 Å². The fraction of sp³-hybridized carbons (Fsp3) is 0.467. The van der Waals surface area contributed by atoms with E-state index in [1.807, 2.05) is 24.0 Å². The van der Waals surface area contributed by atoms with E-state index in [9.17, 15) is 0 Å². The van der Waals surface area contributed by atoms with Gasteiger partial charge in [0.2, 0.25) is 0 Å². The first-order chi connectivity index (χ1) is 9.08. The van der Waals surface area contributed by atoms with Gasteiger partial charge in [-0.1, -0.05) is 19.9 Å². The first-order valence-electron chi connectivity index (χ1n) is 6.73. The minimum Gasteiger partial charge on any atom is -0.306 e. The van der Waals surface area contributed by atoms with E-state index in [0.29, 0.717) is 5.92 Å². The standard InChI is InChI=1S/C15H22N4/c1-11(2)15-14(10-19(4)18-15)9-17-12(3)13-6-5-7-16-8-13/h5-8,10-12,17H,9H2,1-4H3. The van der Waals surface area contributed by atoms with E-state index >= 15 is 0 Å². The van der Waals surface area contributed by atoms with E-state index in [-0.39, 0.29) is 6.04 Å². The maximum atomic E-state index is 4.53. The van der Waals surface area contributed by atoms with Crippen LogP contribution < -0.4 is 5.32 Å². The maximum absolute atomic E-state index is 4.53. The summed E-state index contributed by atoms with van der Waals surface area (Å²) in [6.45, 7) is 7.34. The first-order valence-corrected chi connectivity index (χ1v) is 6.73. The number of nitrogens with zero attached hydrogens (tertiary/aromatic N) is 3. The zero-order valence-electron chi connectivity index (χ0n) is 12.1. The van der Waals surface area contributed by atoms with Crippen molar-refractivity contribution in [3.63, 3.8) is 0 Å². The van der Waals surface area contributed by atoms with Crippen molar-refractivity contribution in [3.8, 4) is 0 Å². The summed E-state index contributed by atoms with van der Waals surface area (Å²) in [7, 11) is 1.97. The van der Waals surface area contributed by atoms with Crippen LogP contribution in [-0.2, 0) is 13.6 Å². The van der Waals surface area contributed by atoms with Crippen molar-refractivity contribution in [1.29, 1.82) is 0 Å². The SMILES string of the molecule is CC(C)c1nn(C)cc1CNC(C)c1cccnc1. The molecule has 0 amide bonds. The third kappa shape index (κ3) is 3.41. The van der Waals surface area contributed by atoms with Gasteiger partial charge in [-0.3, -0.25) is 9.67 Å². The van der Waals surface area contributed by atoms with Crippen LogP contribution >= 0.6 is 0 Å². The maximum Gasteiger partial charge on any atom is 0.0694 e. The highest BCUT2D eigenvalue weighted by molar-refractivity contribution is 5.21. The topological polar surface area (TPSA) is 42.7 Å². The van der Waals surface area contributed by atoms with Gasteiger partial charge >= 0.3 is 0 Å². The molecule has 2 rings (SSSR count). The molecule has 0 bridgehead atoms. The Balaban J connectivity index is 2.03. The predicted molar refractivity (Wildman–Crippen MR) is 76.8 cm³/mol. The monoisotopic (exact) mass is 258 g/mol. The molecule has 0 aromatic carbocycles. The Hall–Kier alpha value is -1.68. The van der Waals surface area contributed by atoms with Crippen LogP contribution in [0.25, 0.3) is 0 Å². The Bertz CT molecular complexity index is 516. The third-order valence-electron chi connectivity index (χ3n) is 3.27. The van der Waals surface area contributed by atoms with Gasteiger partial charge in [0.1, 0.15) is 0 Å². The van der Waals surface area contributed by atoms with Gasteiger partial charge in [0.15, 0.2) is 0 Å². The predicted octanol–water partition coefficient (Wildman–Crippen LogP) is 2.79. The molecule has 0 aliphatic heterocycles. The van der Waals surface area contributed by atoms with E-state index in [1.54, 1.807) is 6.20 Å². The Morgan fingerprint density at radius 3 is 2.74 bits per heavy atom. The molecule has 1 unspecified atom stereocenters. The van der Waals surface area contributed by atoms with Crippen molar-refractivity contribution < 1.29 is 0 Å². The van der Waals surface area contributed by atoms with Crippen LogP contribution in [0.1, 0.15) is 49.6 Å². The molecule has 0 fully saturated rings. The second kappa shape index (κ2) is 5.97. The Morgan fingerprint density at radius 2 is 2.11 bits per heavy atom. The van der Waals surface area contributed by atoms with Crippen LogP contribution in [0.15, 0.2) is 30.7 Å². The molecule has 2 heterocycles. The van der Waals surface area contributed by atoms with E-state index in [0.717, 1.165) is 6.54 Å². The summed E-state index contributed by atoms with van der Waals surface area (Å²) >= 11 is 0. The number of pyridine rings is 1. The Morgan fingerprint density at radius 1 is 1.32 bits per heavy atom. The van der Waals surface area contributed by atoms with Crippen LogP contribution in [0.4, 0.5) is 0 Å². The summed E-state index contributed by atoms with van der Waals surface area (Å²) in [5.74, 6) is 0.451. The van der Waals surface area contributed by atoms with Gasteiger partial charge in [-0.15, -0.1) is 0 Å². The normalized spacial score (nSPS) is 12.9. The third-order valence-corrected chi connectivity index (χ3v) is 3.27. The molecule has 0 saturated carbocycles. The lowest BCUT2D eigenvalue weighted by Crippen LogP contribution is -2.18. The molecule has 0 saturated heterocycles. The molecule has 4 heteroatoms. The van der Waals surface area contributed by atoms with Crippen molar-refractivity contribution in [2.75, 3.05) is 0 Å².